The Morgan fingerprint density at radius 2 is 2.37 bits per heavy atom. The minimum atomic E-state index is -1.13. The van der Waals surface area contributed by atoms with Gasteiger partial charge in [-0.25, -0.2) is 9.18 Å². The number of carboxylic acid groups (broad SMARTS) is 1. The third-order valence-corrected chi connectivity index (χ3v) is 4.41. The van der Waals surface area contributed by atoms with Crippen molar-refractivity contribution in [2.24, 2.45) is 4.99 Å². The van der Waals surface area contributed by atoms with Crippen LogP contribution in [0.2, 0.25) is 0 Å². The van der Waals surface area contributed by atoms with E-state index in [9.17, 15) is 9.18 Å². The van der Waals surface area contributed by atoms with Crippen LogP contribution in [-0.4, -0.2) is 22.1 Å². The first-order chi connectivity index (χ1) is 8.90. The number of amidine groups is 1. The fourth-order valence-electron chi connectivity index (χ4n) is 1.85. The van der Waals surface area contributed by atoms with Crippen LogP contribution < -0.4 is 5.32 Å². The fraction of sp³-hybridized carbons (Fsp3) is 0.333. The van der Waals surface area contributed by atoms with Gasteiger partial charge in [0, 0.05) is 5.75 Å². The fourth-order valence-corrected chi connectivity index (χ4v) is 3.35. The Labute approximate surface area is 122 Å². The van der Waals surface area contributed by atoms with Gasteiger partial charge >= 0.3 is 6.09 Å². The predicted octanol–water partition coefficient (Wildman–Crippen LogP) is 3.56. The second-order valence-corrected chi connectivity index (χ2v) is 6.29. The van der Waals surface area contributed by atoms with Crippen LogP contribution in [-0.2, 0) is 5.54 Å². The molecule has 1 aliphatic heterocycles. The van der Waals surface area contributed by atoms with Crippen molar-refractivity contribution in [3.8, 4) is 0 Å². The molecule has 1 amide bonds. The van der Waals surface area contributed by atoms with Gasteiger partial charge < -0.3 is 5.11 Å². The second-order valence-electron chi connectivity index (χ2n) is 4.35. The van der Waals surface area contributed by atoms with Crippen molar-refractivity contribution in [2.45, 2.75) is 18.9 Å². The number of aliphatic imine (C=N–C) groups is 1. The van der Waals surface area contributed by atoms with Crippen molar-refractivity contribution < 1.29 is 14.3 Å². The molecule has 1 heterocycles. The zero-order valence-corrected chi connectivity index (χ0v) is 12.5. The number of nitrogens with zero attached hydrogens (tertiary/aromatic N) is 1. The minimum absolute atomic E-state index is 0.328. The normalized spacial score (nSPS) is 22.8. The van der Waals surface area contributed by atoms with E-state index in [4.69, 9.17) is 5.11 Å². The highest BCUT2D eigenvalue weighted by atomic mass is 79.9. The Hall–Kier alpha value is -1.08. The molecule has 0 spiro atoms. The first-order valence-electron chi connectivity index (χ1n) is 5.59. The molecule has 1 atom stereocenters. The van der Waals surface area contributed by atoms with Crippen LogP contribution in [0.25, 0.3) is 0 Å². The summed E-state index contributed by atoms with van der Waals surface area (Å²) in [4.78, 5) is 15.1. The number of nitrogens with one attached hydrogen (secondary N) is 1. The lowest BCUT2D eigenvalue weighted by atomic mass is 9.90. The number of hydrogen-bond acceptors (Lipinski definition) is 3. The largest absolute Gasteiger partial charge is 0.465 e. The van der Waals surface area contributed by atoms with E-state index in [1.165, 1.54) is 17.8 Å². The van der Waals surface area contributed by atoms with Crippen molar-refractivity contribution >= 4 is 39.0 Å². The Morgan fingerprint density at radius 3 is 3.00 bits per heavy atom. The van der Waals surface area contributed by atoms with Crippen LogP contribution in [0.4, 0.5) is 9.18 Å². The van der Waals surface area contributed by atoms with Crippen molar-refractivity contribution in [2.75, 3.05) is 5.75 Å². The van der Waals surface area contributed by atoms with Crippen LogP contribution in [0.5, 0.6) is 0 Å². The SMILES string of the molecule is C[C@@]1(c2ccc(F)c(Br)c2)CCSC(NC(=O)O)=N1. The number of rotatable bonds is 1. The average molecular weight is 347 g/mol. The summed E-state index contributed by atoms with van der Waals surface area (Å²) in [5, 5.41) is 11.4. The quantitative estimate of drug-likeness (QED) is 0.817. The molecule has 1 aliphatic rings. The lowest BCUT2D eigenvalue weighted by molar-refractivity contribution is 0.200. The van der Waals surface area contributed by atoms with E-state index in [0.29, 0.717) is 9.64 Å². The summed E-state index contributed by atoms with van der Waals surface area (Å²) in [6, 6.07) is 4.75. The summed E-state index contributed by atoms with van der Waals surface area (Å²) in [6.45, 7) is 1.91. The van der Waals surface area contributed by atoms with Crippen LogP contribution in [0.3, 0.4) is 0 Å². The molecular weight excluding hydrogens is 335 g/mol. The highest BCUT2D eigenvalue weighted by Gasteiger charge is 2.31. The summed E-state index contributed by atoms with van der Waals surface area (Å²) in [5.74, 6) is 0.426. The Balaban J connectivity index is 2.35. The second kappa shape index (κ2) is 5.50. The summed E-state index contributed by atoms with van der Waals surface area (Å²) in [7, 11) is 0. The van der Waals surface area contributed by atoms with Gasteiger partial charge in [-0.3, -0.25) is 10.3 Å². The van der Waals surface area contributed by atoms with E-state index in [0.717, 1.165) is 17.7 Å². The molecule has 0 fully saturated rings. The van der Waals surface area contributed by atoms with E-state index >= 15 is 0 Å². The lowest BCUT2D eigenvalue weighted by Crippen LogP contribution is -2.34. The molecule has 0 saturated carbocycles. The number of halogens is 2. The van der Waals surface area contributed by atoms with Gasteiger partial charge in [0.05, 0.1) is 10.0 Å². The van der Waals surface area contributed by atoms with Crippen molar-refractivity contribution in [3.05, 3.63) is 34.1 Å². The minimum Gasteiger partial charge on any atom is -0.465 e. The molecule has 7 heteroatoms. The molecular formula is C12H12BrFN2O2S. The van der Waals surface area contributed by atoms with Gasteiger partial charge in [0.1, 0.15) is 5.82 Å². The zero-order chi connectivity index (χ0) is 14.0. The first-order valence-corrected chi connectivity index (χ1v) is 7.37. The molecule has 0 aliphatic carbocycles. The Morgan fingerprint density at radius 1 is 1.63 bits per heavy atom. The molecule has 102 valence electrons. The van der Waals surface area contributed by atoms with Crippen molar-refractivity contribution in [3.63, 3.8) is 0 Å². The van der Waals surface area contributed by atoms with E-state index in [2.05, 4.69) is 26.2 Å². The average Bonchev–Trinajstić information content (AvgIpc) is 2.31. The van der Waals surface area contributed by atoms with E-state index in [-0.39, 0.29) is 5.82 Å². The zero-order valence-electron chi connectivity index (χ0n) is 10.1. The van der Waals surface area contributed by atoms with Gasteiger partial charge in [0.15, 0.2) is 5.17 Å². The maximum atomic E-state index is 13.3. The van der Waals surface area contributed by atoms with E-state index < -0.39 is 11.6 Å². The monoisotopic (exact) mass is 346 g/mol. The van der Waals surface area contributed by atoms with Crippen LogP contribution in [0, 0.1) is 5.82 Å². The lowest BCUT2D eigenvalue weighted by Gasteiger charge is -2.30. The standard InChI is InChI=1S/C12H12BrFN2O2S/c1-12(7-2-3-9(14)8(13)6-7)4-5-19-10(16-12)15-11(17)18/h2-3,6H,4-5H2,1H3,(H,15,16)(H,17,18)/t12-/m0/s1. The molecule has 0 radical (unpaired) electrons. The highest BCUT2D eigenvalue weighted by Crippen LogP contribution is 2.36. The third kappa shape index (κ3) is 3.27. The van der Waals surface area contributed by atoms with Crippen LogP contribution in [0.15, 0.2) is 27.7 Å². The number of hydrogen-bond donors (Lipinski definition) is 2. The maximum absolute atomic E-state index is 13.3. The molecule has 19 heavy (non-hydrogen) atoms. The van der Waals surface area contributed by atoms with Gasteiger partial charge in [-0.1, -0.05) is 17.8 Å². The molecule has 2 rings (SSSR count). The van der Waals surface area contributed by atoms with Crippen molar-refractivity contribution in [1.29, 1.82) is 0 Å². The van der Waals surface area contributed by atoms with Gasteiger partial charge in [-0.05, 0) is 47.0 Å². The van der Waals surface area contributed by atoms with Gasteiger partial charge in [-0.2, -0.15) is 0 Å². The van der Waals surface area contributed by atoms with Crippen LogP contribution in [0.1, 0.15) is 18.9 Å². The topological polar surface area (TPSA) is 61.7 Å². The Bertz CT molecular complexity index is 553. The molecule has 4 nitrogen and oxygen atoms in total. The van der Waals surface area contributed by atoms with Gasteiger partial charge in [0.2, 0.25) is 0 Å². The molecule has 0 bridgehead atoms. The van der Waals surface area contributed by atoms with Crippen molar-refractivity contribution in [1.82, 2.24) is 5.32 Å². The molecule has 2 N–H and O–H groups in total. The maximum Gasteiger partial charge on any atom is 0.410 e. The number of carbonyl (C=O) groups is 1. The molecule has 0 saturated heterocycles. The third-order valence-electron chi connectivity index (χ3n) is 2.93. The van der Waals surface area contributed by atoms with Crippen LogP contribution >= 0.6 is 27.7 Å². The van der Waals surface area contributed by atoms with Gasteiger partial charge in [0.25, 0.3) is 0 Å². The molecule has 1 aromatic rings. The summed E-state index contributed by atoms with van der Waals surface area (Å²) >= 11 is 4.52. The molecule has 1 aromatic carbocycles. The highest BCUT2D eigenvalue weighted by molar-refractivity contribution is 9.10. The number of thioether (sulfide) groups is 1. The molecule has 0 aromatic heterocycles. The summed E-state index contributed by atoms with van der Waals surface area (Å²) < 4.78 is 13.6. The number of amides is 1. The summed E-state index contributed by atoms with van der Waals surface area (Å²) in [5.41, 5.74) is 0.310. The Kier molecular flexibility index (Phi) is 4.15. The molecule has 0 unspecified atom stereocenters. The number of benzene rings is 1. The predicted molar refractivity (Wildman–Crippen MR) is 77.1 cm³/mol. The first kappa shape index (κ1) is 14.3. The smallest absolute Gasteiger partial charge is 0.410 e. The van der Waals surface area contributed by atoms with E-state index in [1.807, 2.05) is 6.92 Å². The van der Waals surface area contributed by atoms with E-state index in [1.54, 1.807) is 12.1 Å². The summed E-state index contributed by atoms with van der Waals surface area (Å²) in [6.07, 6.45) is -0.364. The van der Waals surface area contributed by atoms with Gasteiger partial charge in [-0.15, -0.1) is 0 Å².